The van der Waals surface area contributed by atoms with Crippen molar-refractivity contribution >= 4 is 29.7 Å². The number of nitrogens with zero attached hydrogens (tertiary/aromatic N) is 4. The first-order valence-corrected chi connectivity index (χ1v) is 16.7. The summed E-state index contributed by atoms with van der Waals surface area (Å²) in [7, 11) is 1.54. The molecule has 3 aliphatic heterocycles. The monoisotopic (exact) mass is 627 g/mol. The van der Waals surface area contributed by atoms with Gasteiger partial charge in [-0.25, -0.2) is 0 Å². The highest BCUT2D eigenvalue weighted by Crippen LogP contribution is 2.39. The van der Waals surface area contributed by atoms with Crippen molar-refractivity contribution in [2.24, 2.45) is 0 Å². The Kier molecular flexibility index (Phi) is 10.1. The fourth-order valence-electron chi connectivity index (χ4n) is 7.51. The molecular weight excluding hydrogens is 582 g/mol. The summed E-state index contributed by atoms with van der Waals surface area (Å²) in [5.41, 5.74) is 1.71. The van der Waals surface area contributed by atoms with Crippen LogP contribution in [0, 0.1) is 0 Å². The Morgan fingerprint density at radius 1 is 0.935 bits per heavy atom. The second-order valence-electron chi connectivity index (χ2n) is 12.7. The first kappa shape index (κ1) is 31.9. The second kappa shape index (κ2) is 14.6. The number of carbonyl (C=O) groups excluding carboxylic acids is 4. The summed E-state index contributed by atoms with van der Waals surface area (Å²) in [5, 5.41) is 2.71. The van der Waals surface area contributed by atoms with Crippen molar-refractivity contribution in [2.45, 2.75) is 75.3 Å². The minimum atomic E-state index is -0.861. The lowest BCUT2D eigenvalue weighted by molar-refractivity contribution is -0.171. The lowest BCUT2D eigenvalue weighted by Gasteiger charge is -2.52. The van der Waals surface area contributed by atoms with Gasteiger partial charge in [0.05, 0.1) is 6.04 Å². The molecule has 1 aliphatic carbocycles. The smallest absolute Gasteiger partial charge is 0.251 e. The van der Waals surface area contributed by atoms with Crippen LogP contribution in [0.25, 0.3) is 6.08 Å². The summed E-state index contributed by atoms with van der Waals surface area (Å²) in [6.45, 7) is 3.00. The number of likely N-dealkylation sites (tertiary alicyclic amines) is 1. The van der Waals surface area contributed by atoms with E-state index in [1.54, 1.807) is 11.9 Å². The number of ether oxygens (including phenoxy) is 1. The molecule has 4 atom stereocenters. The lowest BCUT2D eigenvalue weighted by Crippen LogP contribution is -2.74. The van der Waals surface area contributed by atoms with E-state index in [9.17, 15) is 19.2 Å². The molecule has 4 amide bonds. The Hall–Kier alpha value is -4.02. The van der Waals surface area contributed by atoms with Crippen LogP contribution >= 0.6 is 0 Å². The summed E-state index contributed by atoms with van der Waals surface area (Å²) in [6, 6.07) is 17.4. The largest absolute Gasteiger partial charge is 0.357 e. The maximum absolute atomic E-state index is 14.0. The van der Waals surface area contributed by atoms with Gasteiger partial charge < -0.3 is 19.9 Å². The summed E-state index contributed by atoms with van der Waals surface area (Å²) >= 11 is 0. The van der Waals surface area contributed by atoms with Crippen molar-refractivity contribution in [3.63, 3.8) is 0 Å². The third kappa shape index (κ3) is 6.73. The highest BCUT2D eigenvalue weighted by Gasteiger charge is 2.57. The molecule has 4 aliphatic rings. The zero-order chi connectivity index (χ0) is 32.0. The first-order valence-electron chi connectivity index (χ1n) is 16.7. The van der Waals surface area contributed by atoms with Gasteiger partial charge in [0.1, 0.15) is 18.7 Å². The number of amides is 4. The molecule has 0 bridgehead atoms. The van der Waals surface area contributed by atoms with E-state index in [0.717, 1.165) is 24.2 Å². The normalized spacial score (nSPS) is 25.2. The van der Waals surface area contributed by atoms with E-state index in [4.69, 9.17) is 4.74 Å². The fraction of sp³-hybridized carbons (Fsp3) is 0.500. The van der Waals surface area contributed by atoms with Crippen LogP contribution in [0.4, 0.5) is 0 Å². The standard InChI is InChI=1S/C36H45N5O5/c1-37-34(44)30(19-20-31(42)39-23-21-38(22-24-39)28-15-9-4-10-16-28)40-29(18-17-26-11-5-2-6-12-26)33(35(40)45)41-32(43)25-46-36(41)27-13-7-3-8-14-27/h2-3,5-8,11-14,17-18,28-30,33,36H,4,9-10,15-16,19-25H2,1H3,(H,37,44)/b18-17+/t29-,30+,33+,36-/m1/s1. The number of hydrogen-bond acceptors (Lipinski definition) is 6. The number of piperazine rings is 1. The molecule has 3 heterocycles. The summed E-state index contributed by atoms with van der Waals surface area (Å²) in [5.74, 6) is -0.928. The summed E-state index contributed by atoms with van der Waals surface area (Å²) in [6.07, 6.45) is 9.82. The SMILES string of the molecule is CNC(=O)[C@H](CCC(=O)N1CCN(C2CCCCC2)CC1)N1C(=O)[C@@H](N2C(=O)CO[C@@H]2c2ccccc2)[C@H]1/C=C/c1ccccc1. The molecule has 0 spiro atoms. The molecule has 10 heteroatoms. The van der Waals surface area contributed by atoms with Crippen LogP contribution in [0.3, 0.4) is 0 Å². The Labute approximate surface area is 271 Å². The average Bonchev–Trinajstić information content (AvgIpc) is 3.48. The van der Waals surface area contributed by atoms with Gasteiger partial charge in [-0.15, -0.1) is 0 Å². The molecule has 2 aromatic carbocycles. The van der Waals surface area contributed by atoms with Gasteiger partial charge in [-0.2, -0.15) is 0 Å². The lowest BCUT2D eigenvalue weighted by atomic mass is 9.87. The number of benzene rings is 2. The quantitative estimate of drug-likeness (QED) is 0.406. The molecule has 3 saturated heterocycles. The van der Waals surface area contributed by atoms with Gasteiger partial charge >= 0.3 is 0 Å². The molecule has 0 radical (unpaired) electrons. The molecule has 1 saturated carbocycles. The highest BCUT2D eigenvalue weighted by molar-refractivity contribution is 5.99. The van der Waals surface area contributed by atoms with E-state index in [-0.39, 0.29) is 43.1 Å². The number of likely N-dealkylation sites (N-methyl/N-ethyl adjacent to an activating group) is 1. The van der Waals surface area contributed by atoms with E-state index >= 15 is 0 Å². The molecule has 4 fully saturated rings. The topological polar surface area (TPSA) is 103 Å². The van der Waals surface area contributed by atoms with Crippen molar-refractivity contribution < 1.29 is 23.9 Å². The second-order valence-corrected chi connectivity index (χ2v) is 12.7. The van der Waals surface area contributed by atoms with E-state index in [0.29, 0.717) is 19.1 Å². The maximum Gasteiger partial charge on any atom is 0.251 e. The molecule has 0 aromatic heterocycles. The van der Waals surface area contributed by atoms with Crippen LogP contribution < -0.4 is 5.32 Å². The highest BCUT2D eigenvalue weighted by atomic mass is 16.5. The van der Waals surface area contributed by atoms with Crippen LogP contribution in [-0.2, 0) is 23.9 Å². The van der Waals surface area contributed by atoms with E-state index in [1.807, 2.05) is 77.7 Å². The van der Waals surface area contributed by atoms with Crippen LogP contribution in [-0.4, -0.2) is 107 Å². The van der Waals surface area contributed by atoms with E-state index < -0.39 is 24.4 Å². The van der Waals surface area contributed by atoms with Gasteiger partial charge in [0.25, 0.3) is 5.91 Å². The minimum Gasteiger partial charge on any atom is -0.357 e. The molecule has 46 heavy (non-hydrogen) atoms. The van der Waals surface area contributed by atoms with Crippen molar-refractivity contribution in [3.05, 3.63) is 77.9 Å². The molecule has 0 unspecified atom stereocenters. The molecule has 244 valence electrons. The van der Waals surface area contributed by atoms with Gasteiger partial charge in [0.15, 0.2) is 6.23 Å². The summed E-state index contributed by atoms with van der Waals surface area (Å²) < 4.78 is 5.89. The van der Waals surface area contributed by atoms with Gasteiger partial charge in [0.2, 0.25) is 17.7 Å². The Bertz CT molecular complexity index is 1400. The van der Waals surface area contributed by atoms with Gasteiger partial charge in [-0.1, -0.05) is 92.1 Å². The van der Waals surface area contributed by atoms with E-state index in [2.05, 4.69) is 10.2 Å². The van der Waals surface area contributed by atoms with Gasteiger partial charge in [0, 0.05) is 51.3 Å². The fourth-order valence-corrected chi connectivity index (χ4v) is 7.51. The van der Waals surface area contributed by atoms with E-state index in [1.165, 1.54) is 37.0 Å². The summed E-state index contributed by atoms with van der Waals surface area (Å²) in [4.78, 5) is 61.5. The van der Waals surface area contributed by atoms with Crippen LogP contribution in [0.15, 0.2) is 66.7 Å². The third-order valence-corrected chi connectivity index (χ3v) is 10.0. The third-order valence-electron chi connectivity index (χ3n) is 10.0. The molecule has 1 N–H and O–H groups in total. The van der Waals surface area contributed by atoms with Gasteiger partial charge in [-0.05, 0) is 24.8 Å². The predicted octanol–water partition coefficient (Wildman–Crippen LogP) is 3.21. The van der Waals surface area contributed by atoms with Crippen LogP contribution in [0.1, 0.15) is 62.3 Å². The Morgan fingerprint density at radius 2 is 1.61 bits per heavy atom. The zero-order valence-corrected chi connectivity index (χ0v) is 26.6. The molecule has 10 nitrogen and oxygen atoms in total. The predicted molar refractivity (Wildman–Crippen MR) is 174 cm³/mol. The van der Waals surface area contributed by atoms with Gasteiger partial charge in [-0.3, -0.25) is 29.0 Å². The minimum absolute atomic E-state index is 0.00496. The Balaban J connectivity index is 1.18. The Morgan fingerprint density at radius 3 is 2.28 bits per heavy atom. The number of rotatable bonds is 10. The number of hydrogen-bond donors (Lipinski definition) is 1. The van der Waals surface area contributed by atoms with Crippen LogP contribution in [0.2, 0.25) is 0 Å². The number of β-lactam (4-membered cyclic amide) rings is 1. The number of nitrogens with one attached hydrogen (secondary N) is 1. The van der Waals surface area contributed by atoms with Crippen molar-refractivity contribution in [3.8, 4) is 0 Å². The van der Waals surface area contributed by atoms with Crippen molar-refractivity contribution in [2.75, 3.05) is 39.8 Å². The van der Waals surface area contributed by atoms with Crippen molar-refractivity contribution in [1.29, 1.82) is 0 Å². The number of carbonyl (C=O) groups is 4. The molecule has 2 aromatic rings. The maximum atomic E-state index is 14.0. The first-order chi connectivity index (χ1) is 22.5. The van der Waals surface area contributed by atoms with Crippen LogP contribution in [0.5, 0.6) is 0 Å². The zero-order valence-electron chi connectivity index (χ0n) is 26.6. The van der Waals surface area contributed by atoms with Crippen molar-refractivity contribution in [1.82, 2.24) is 24.9 Å². The average molecular weight is 628 g/mol. The molecule has 6 rings (SSSR count). The molecular formula is C36H45N5O5.